The fourth-order valence-corrected chi connectivity index (χ4v) is 3.32. The van der Waals surface area contributed by atoms with Crippen molar-refractivity contribution in [2.45, 2.75) is 19.3 Å². The Hall–Kier alpha value is -3.09. The van der Waals surface area contributed by atoms with E-state index in [2.05, 4.69) is 15.1 Å². The molecule has 1 fully saturated rings. The molecule has 2 aromatic heterocycles. The minimum atomic E-state index is -0.301. The summed E-state index contributed by atoms with van der Waals surface area (Å²) in [5.74, 6) is 1.17. The van der Waals surface area contributed by atoms with Crippen molar-refractivity contribution in [1.29, 1.82) is 0 Å². The Bertz CT molecular complexity index is 911. The molecule has 0 spiro atoms. The summed E-state index contributed by atoms with van der Waals surface area (Å²) in [4.78, 5) is 22.7. The van der Waals surface area contributed by atoms with Gasteiger partial charge in [-0.1, -0.05) is 5.16 Å². The van der Waals surface area contributed by atoms with Crippen LogP contribution < -0.4 is 0 Å². The Labute approximate surface area is 156 Å². The summed E-state index contributed by atoms with van der Waals surface area (Å²) in [5.41, 5.74) is 1.32. The van der Waals surface area contributed by atoms with E-state index in [1.54, 1.807) is 36.7 Å². The SMILES string of the molecule is O=C(c1cccnc1)N1CCC(CCc2noc(-c3ccc(F)cc3)n2)C1. The number of aromatic nitrogens is 3. The van der Waals surface area contributed by atoms with E-state index in [0.717, 1.165) is 25.9 Å². The highest BCUT2D eigenvalue weighted by Gasteiger charge is 2.27. The number of aryl methyl sites for hydroxylation is 1. The van der Waals surface area contributed by atoms with Crippen LogP contribution in [0.15, 0.2) is 53.3 Å². The summed E-state index contributed by atoms with van der Waals surface area (Å²) >= 11 is 0. The normalized spacial score (nSPS) is 16.6. The minimum absolute atomic E-state index is 0.0313. The van der Waals surface area contributed by atoms with E-state index in [-0.39, 0.29) is 11.7 Å². The first-order valence-electron chi connectivity index (χ1n) is 8.97. The molecule has 0 N–H and O–H groups in total. The Kier molecular flexibility index (Phi) is 4.91. The zero-order valence-corrected chi connectivity index (χ0v) is 14.7. The van der Waals surface area contributed by atoms with Crippen LogP contribution in [-0.4, -0.2) is 39.0 Å². The maximum absolute atomic E-state index is 13.0. The summed E-state index contributed by atoms with van der Waals surface area (Å²) in [5, 5.41) is 4.01. The van der Waals surface area contributed by atoms with Gasteiger partial charge >= 0.3 is 0 Å². The van der Waals surface area contributed by atoms with Crippen LogP contribution in [0.1, 0.15) is 29.0 Å². The maximum atomic E-state index is 13.0. The second kappa shape index (κ2) is 7.65. The van der Waals surface area contributed by atoms with Gasteiger partial charge in [0, 0.05) is 37.5 Å². The number of hydrogen-bond acceptors (Lipinski definition) is 5. The molecule has 1 aliphatic rings. The number of carbonyl (C=O) groups is 1. The van der Waals surface area contributed by atoms with Crippen molar-refractivity contribution in [3.63, 3.8) is 0 Å². The van der Waals surface area contributed by atoms with Gasteiger partial charge in [-0.15, -0.1) is 0 Å². The summed E-state index contributed by atoms with van der Waals surface area (Å²) in [7, 11) is 0. The molecule has 1 unspecified atom stereocenters. The van der Waals surface area contributed by atoms with E-state index in [1.807, 2.05) is 4.90 Å². The Morgan fingerprint density at radius 2 is 2.11 bits per heavy atom. The van der Waals surface area contributed by atoms with Gasteiger partial charge in [0.2, 0.25) is 0 Å². The van der Waals surface area contributed by atoms with Gasteiger partial charge in [-0.25, -0.2) is 4.39 Å². The number of nitrogens with zero attached hydrogens (tertiary/aromatic N) is 4. The average Bonchev–Trinajstić information content (AvgIpc) is 3.37. The van der Waals surface area contributed by atoms with E-state index in [9.17, 15) is 9.18 Å². The summed E-state index contributed by atoms with van der Waals surface area (Å²) in [6, 6.07) is 9.53. The highest BCUT2D eigenvalue weighted by atomic mass is 19.1. The fourth-order valence-electron chi connectivity index (χ4n) is 3.32. The zero-order chi connectivity index (χ0) is 18.6. The first-order chi connectivity index (χ1) is 13.2. The van der Waals surface area contributed by atoms with Crippen molar-refractivity contribution in [3.8, 4) is 11.5 Å². The molecule has 1 aromatic carbocycles. The molecule has 7 heteroatoms. The molecule has 1 aliphatic heterocycles. The van der Waals surface area contributed by atoms with Crippen LogP contribution in [0.5, 0.6) is 0 Å². The lowest BCUT2D eigenvalue weighted by molar-refractivity contribution is 0.0786. The smallest absolute Gasteiger partial charge is 0.257 e. The topological polar surface area (TPSA) is 72.1 Å². The number of pyridine rings is 1. The molecule has 27 heavy (non-hydrogen) atoms. The largest absolute Gasteiger partial charge is 0.338 e. The van der Waals surface area contributed by atoms with E-state index < -0.39 is 0 Å². The van der Waals surface area contributed by atoms with Crippen molar-refractivity contribution in [2.75, 3.05) is 13.1 Å². The quantitative estimate of drug-likeness (QED) is 0.692. The third-order valence-corrected chi connectivity index (χ3v) is 4.82. The van der Waals surface area contributed by atoms with Gasteiger partial charge < -0.3 is 9.42 Å². The van der Waals surface area contributed by atoms with Crippen LogP contribution in [0.4, 0.5) is 4.39 Å². The third-order valence-electron chi connectivity index (χ3n) is 4.82. The van der Waals surface area contributed by atoms with Crippen LogP contribution in [0, 0.1) is 11.7 Å². The molecular weight excluding hydrogens is 347 g/mol. The molecule has 1 amide bonds. The fraction of sp³-hybridized carbons (Fsp3) is 0.300. The third kappa shape index (κ3) is 4.02. The highest BCUT2D eigenvalue weighted by Crippen LogP contribution is 2.23. The molecule has 1 saturated heterocycles. The van der Waals surface area contributed by atoms with Crippen LogP contribution >= 0.6 is 0 Å². The van der Waals surface area contributed by atoms with Gasteiger partial charge in [-0.05, 0) is 55.2 Å². The van der Waals surface area contributed by atoms with Gasteiger partial charge in [-0.3, -0.25) is 9.78 Å². The van der Waals surface area contributed by atoms with Crippen molar-refractivity contribution in [3.05, 3.63) is 66.0 Å². The first-order valence-corrected chi connectivity index (χ1v) is 8.97. The standard InChI is InChI=1S/C20H19FN4O2/c21-17-6-4-15(5-7-17)19-23-18(24-27-19)8-3-14-9-11-25(13-14)20(26)16-2-1-10-22-12-16/h1-2,4-7,10,12,14H,3,8-9,11,13H2. The number of amides is 1. The van der Waals surface area contributed by atoms with Crippen LogP contribution in [0.2, 0.25) is 0 Å². The maximum Gasteiger partial charge on any atom is 0.257 e. The van der Waals surface area contributed by atoms with E-state index in [0.29, 0.717) is 35.2 Å². The Balaban J connectivity index is 1.31. The lowest BCUT2D eigenvalue weighted by Crippen LogP contribution is -2.28. The number of benzene rings is 1. The molecule has 3 heterocycles. The second-order valence-corrected chi connectivity index (χ2v) is 6.71. The minimum Gasteiger partial charge on any atom is -0.338 e. The van der Waals surface area contributed by atoms with Gasteiger partial charge in [0.15, 0.2) is 5.82 Å². The molecule has 138 valence electrons. The van der Waals surface area contributed by atoms with Gasteiger partial charge in [0.25, 0.3) is 11.8 Å². The Morgan fingerprint density at radius 1 is 1.26 bits per heavy atom. The number of halogens is 1. The van der Waals surface area contributed by atoms with E-state index in [1.165, 1.54) is 12.1 Å². The molecule has 4 rings (SSSR count). The molecular formula is C20H19FN4O2. The zero-order valence-electron chi connectivity index (χ0n) is 14.7. The van der Waals surface area contributed by atoms with Gasteiger partial charge in [-0.2, -0.15) is 4.98 Å². The molecule has 0 radical (unpaired) electrons. The molecule has 1 atom stereocenters. The monoisotopic (exact) mass is 366 g/mol. The number of hydrogen-bond donors (Lipinski definition) is 0. The molecule has 6 nitrogen and oxygen atoms in total. The molecule has 0 bridgehead atoms. The van der Waals surface area contributed by atoms with Crippen molar-refractivity contribution < 1.29 is 13.7 Å². The van der Waals surface area contributed by atoms with E-state index >= 15 is 0 Å². The highest BCUT2D eigenvalue weighted by molar-refractivity contribution is 5.94. The Morgan fingerprint density at radius 3 is 2.89 bits per heavy atom. The van der Waals surface area contributed by atoms with Crippen molar-refractivity contribution in [2.24, 2.45) is 5.92 Å². The number of rotatable bonds is 5. The predicted molar refractivity (Wildman–Crippen MR) is 96.3 cm³/mol. The van der Waals surface area contributed by atoms with Crippen LogP contribution in [0.25, 0.3) is 11.5 Å². The average molecular weight is 366 g/mol. The lowest BCUT2D eigenvalue weighted by atomic mass is 10.0. The van der Waals surface area contributed by atoms with Crippen LogP contribution in [0.3, 0.4) is 0 Å². The summed E-state index contributed by atoms with van der Waals surface area (Å²) < 4.78 is 18.3. The molecule has 0 saturated carbocycles. The summed E-state index contributed by atoms with van der Waals surface area (Å²) in [6.07, 6.45) is 5.80. The second-order valence-electron chi connectivity index (χ2n) is 6.71. The van der Waals surface area contributed by atoms with Crippen molar-refractivity contribution in [1.82, 2.24) is 20.0 Å². The number of likely N-dealkylation sites (tertiary alicyclic amines) is 1. The first kappa shape index (κ1) is 17.3. The lowest BCUT2D eigenvalue weighted by Gasteiger charge is -2.16. The van der Waals surface area contributed by atoms with Crippen LogP contribution in [-0.2, 0) is 6.42 Å². The van der Waals surface area contributed by atoms with Gasteiger partial charge in [0.1, 0.15) is 5.82 Å². The van der Waals surface area contributed by atoms with Crippen molar-refractivity contribution >= 4 is 5.91 Å². The van der Waals surface area contributed by atoms with E-state index in [4.69, 9.17) is 4.52 Å². The predicted octanol–water partition coefficient (Wildman–Crippen LogP) is 3.37. The van der Waals surface area contributed by atoms with Gasteiger partial charge in [0.05, 0.1) is 5.56 Å². The molecule has 3 aromatic rings. The summed E-state index contributed by atoms with van der Waals surface area (Å²) in [6.45, 7) is 1.49. The molecule has 0 aliphatic carbocycles. The number of carbonyl (C=O) groups excluding carboxylic acids is 1.